The number of ketones is 1. The zero-order valence-electron chi connectivity index (χ0n) is 18.3. The van der Waals surface area contributed by atoms with Gasteiger partial charge in [-0.25, -0.2) is 9.78 Å². The Morgan fingerprint density at radius 3 is 2.59 bits per heavy atom. The molecule has 0 spiro atoms. The van der Waals surface area contributed by atoms with E-state index in [9.17, 15) is 19.5 Å². The molecule has 0 saturated carbocycles. The quantitative estimate of drug-likeness (QED) is 0.264. The number of thiazole rings is 1. The fourth-order valence-electron chi connectivity index (χ4n) is 4.32. The number of aliphatic hydroxyl groups is 1. The molecular formula is C25H20N2O6S. The monoisotopic (exact) mass is 476 g/mol. The molecule has 0 unspecified atom stereocenters. The molecule has 2 atom stereocenters. The number of Topliss-reactive ketones (excluding diaryl/α,β-unsaturated/α-hetero) is 1. The van der Waals surface area contributed by atoms with Crippen molar-refractivity contribution in [1.82, 2.24) is 4.98 Å². The molecule has 1 aromatic heterocycles. The lowest BCUT2D eigenvalue weighted by molar-refractivity contribution is -0.132. The van der Waals surface area contributed by atoms with Crippen molar-refractivity contribution in [1.29, 1.82) is 0 Å². The van der Waals surface area contributed by atoms with Crippen LogP contribution >= 0.6 is 11.3 Å². The summed E-state index contributed by atoms with van der Waals surface area (Å²) in [4.78, 5) is 43.6. The van der Waals surface area contributed by atoms with Crippen LogP contribution in [0.15, 0.2) is 59.6 Å². The number of amides is 1. The van der Waals surface area contributed by atoms with Crippen LogP contribution in [0.25, 0.3) is 5.76 Å². The predicted octanol–water partition coefficient (Wildman–Crippen LogP) is 3.88. The van der Waals surface area contributed by atoms with Gasteiger partial charge in [-0.2, -0.15) is 0 Å². The van der Waals surface area contributed by atoms with Gasteiger partial charge in [0, 0.05) is 23.6 Å². The maximum atomic E-state index is 13.2. The highest BCUT2D eigenvalue weighted by atomic mass is 32.1. The average molecular weight is 477 g/mol. The first-order valence-electron chi connectivity index (χ1n) is 10.6. The van der Waals surface area contributed by atoms with Gasteiger partial charge in [0.2, 0.25) is 0 Å². The van der Waals surface area contributed by atoms with Gasteiger partial charge in [0.25, 0.3) is 5.78 Å². The van der Waals surface area contributed by atoms with Crippen molar-refractivity contribution < 1.29 is 29.0 Å². The van der Waals surface area contributed by atoms with Crippen molar-refractivity contribution in [2.75, 3.05) is 12.0 Å². The summed E-state index contributed by atoms with van der Waals surface area (Å²) in [5.41, 5.74) is 2.17. The van der Waals surface area contributed by atoms with Crippen LogP contribution in [0.4, 0.5) is 5.13 Å². The number of aliphatic hydroxyl groups excluding tert-OH is 1. The SMILES string of the molecule is COC(=O)c1ccc([C@H]2/C(=C(\O)c3ccc4c(c3)C[C@@H](C)O4)C(=O)C(=O)N2c2nccs2)cc1. The molecule has 0 aliphatic carbocycles. The van der Waals surface area contributed by atoms with Gasteiger partial charge < -0.3 is 14.6 Å². The van der Waals surface area contributed by atoms with Crippen molar-refractivity contribution in [3.05, 3.63) is 81.9 Å². The lowest BCUT2D eigenvalue weighted by Crippen LogP contribution is -2.29. The van der Waals surface area contributed by atoms with Crippen molar-refractivity contribution in [3.8, 4) is 5.75 Å². The first-order valence-corrected chi connectivity index (χ1v) is 11.5. The first-order chi connectivity index (χ1) is 16.4. The Bertz CT molecular complexity index is 1330. The minimum absolute atomic E-state index is 0.0243. The number of rotatable bonds is 4. The van der Waals surface area contributed by atoms with E-state index in [1.54, 1.807) is 54.0 Å². The number of carbonyl (C=O) groups excluding carboxylic acids is 3. The largest absolute Gasteiger partial charge is 0.507 e. The fraction of sp³-hybridized carbons (Fsp3) is 0.200. The van der Waals surface area contributed by atoms with E-state index in [-0.39, 0.29) is 17.4 Å². The van der Waals surface area contributed by atoms with E-state index in [2.05, 4.69) is 4.98 Å². The molecule has 9 heteroatoms. The van der Waals surface area contributed by atoms with E-state index in [0.717, 1.165) is 11.3 Å². The molecule has 1 saturated heterocycles. The summed E-state index contributed by atoms with van der Waals surface area (Å²) in [5, 5.41) is 13.3. The van der Waals surface area contributed by atoms with E-state index in [4.69, 9.17) is 9.47 Å². The molecule has 2 aromatic carbocycles. The lowest BCUT2D eigenvalue weighted by atomic mass is 9.94. The second-order valence-electron chi connectivity index (χ2n) is 8.05. The topological polar surface area (TPSA) is 106 Å². The Hall–Kier alpha value is -3.98. The van der Waals surface area contributed by atoms with Gasteiger partial charge in [-0.05, 0) is 48.4 Å². The molecule has 34 heavy (non-hydrogen) atoms. The number of ether oxygens (including phenoxy) is 2. The Labute approximate surface area is 199 Å². The second-order valence-corrected chi connectivity index (χ2v) is 8.93. The maximum absolute atomic E-state index is 13.2. The van der Waals surface area contributed by atoms with Crippen LogP contribution in [0.2, 0.25) is 0 Å². The molecule has 8 nitrogen and oxygen atoms in total. The summed E-state index contributed by atoms with van der Waals surface area (Å²) >= 11 is 1.21. The van der Waals surface area contributed by atoms with E-state index in [0.29, 0.717) is 28.2 Å². The van der Waals surface area contributed by atoms with E-state index < -0.39 is 23.7 Å². The number of hydrogen-bond acceptors (Lipinski definition) is 8. The minimum Gasteiger partial charge on any atom is -0.507 e. The van der Waals surface area contributed by atoms with Crippen LogP contribution < -0.4 is 9.64 Å². The average Bonchev–Trinajstić information content (AvgIpc) is 3.56. The fourth-order valence-corrected chi connectivity index (χ4v) is 4.99. The van der Waals surface area contributed by atoms with Gasteiger partial charge >= 0.3 is 11.9 Å². The van der Waals surface area contributed by atoms with Crippen molar-refractivity contribution in [2.24, 2.45) is 0 Å². The molecule has 2 aliphatic heterocycles. The summed E-state index contributed by atoms with van der Waals surface area (Å²) in [6.07, 6.45) is 2.25. The molecule has 3 heterocycles. The Kier molecular flexibility index (Phi) is 5.41. The Morgan fingerprint density at radius 1 is 1.18 bits per heavy atom. The number of hydrogen-bond donors (Lipinski definition) is 1. The lowest BCUT2D eigenvalue weighted by Gasteiger charge is -2.23. The van der Waals surface area contributed by atoms with Crippen LogP contribution in [0, 0.1) is 0 Å². The van der Waals surface area contributed by atoms with Gasteiger partial charge in [-0.1, -0.05) is 12.1 Å². The van der Waals surface area contributed by atoms with Crippen LogP contribution in [-0.2, 0) is 20.7 Å². The van der Waals surface area contributed by atoms with E-state index in [1.807, 2.05) is 6.92 Å². The highest BCUT2D eigenvalue weighted by Crippen LogP contribution is 2.43. The molecule has 5 rings (SSSR count). The summed E-state index contributed by atoms with van der Waals surface area (Å²) in [6, 6.07) is 10.7. The zero-order chi connectivity index (χ0) is 24.0. The van der Waals surface area contributed by atoms with Crippen LogP contribution in [0.1, 0.15) is 40.0 Å². The Morgan fingerprint density at radius 2 is 1.91 bits per heavy atom. The van der Waals surface area contributed by atoms with Crippen LogP contribution in [0.5, 0.6) is 5.75 Å². The second kappa shape index (κ2) is 8.42. The molecule has 172 valence electrons. The molecule has 1 N–H and O–H groups in total. The highest BCUT2D eigenvalue weighted by Gasteiger charge is 2.48. The molecule has 0 bridgehead atoms. The summed E-state index contributed by atoms with van der Waals surface area (Å²) < 4.78 is 10.5. The van der Waals surface area contributed by atoms with Gasteiger partial charge in [0.15, 0.2) is 5.13 Å². The predicted molar refractivity (Wildman–Crippen MR) is 125 cm³/mol. The highest BCUT2D eigenvalue weighted by molar-refractivity contribution is 7.14. The van der Waals surface area contributed by atoms with Gasteiger partial charge in [-0.15, -0.1) is 11.3 Å². The number of aromatic nitrogens is 1. The smallest absolute Gasteiger partial charge is 0.337 e. The number of anilines is 1. The Balaban J connectivity index is 1.65. The molecule has 0 radical (unpaired) electrons. The normalized spacial score (nSPS) is 20.8. The zero-order valence-corrected chi connectivity index (χ0v) is 19.2. The number of methoxy groups -OCH3 is 1. The summed E-state index contributed by atoms with van der Waals surface area (Å²) in [5.74, 6) is -1.63. The van der Waals surface area contributed by atoms with Crippen LogP contribution in [0.3, 0.4) is 0 Å². The van der Waals surface area contributed by atoms with E-state index >= 15 is 0 Å². The summed E-state index contributed by atoms with van der Waals surface area (Å²) in [7, 11) is 1.29. The number of benzene rings is 2. The van der Waals surface area contributed by atoms with E-state index in [1.165, 1.54) is 23.3 Å². The number of fused-ring (bicyclic) bond motifs is 1. The third-order valence-corrected chi connectivity index (χ3v) is 6.66. The molecule has 2 aliphatic rings. The number of carbonyl (C=O) groups is 3. The van der Waals surface area contributed by atoms with Gasteiger partial charge in [-0.3, -0.25) is 14.5 Å². The maximum Gasteiger partial charge on any atom is 0.337 e. The van der Waals surface area contributed by atoms with Crippen molar-refractivity contribution in [3.63, 3.8) is 0 Å². The number of nitrogens with zero attached hydrogens (tertiary/aromatic N) is 2. The first kappa shape index (κ1) is 21.8. The molecule has 3 aromatic rings. The standard InChI is InChI=1S/C25H20N2O6S/c1-13-11-17-12-16(7-8-18(17)33-13)21(28)19-20(14-3-5-15(6-4-14)24(31)32-2)27(23(30)22(19)29)25-26-9-10-34-25/h3-10,12-13,20,28H,11H2,1-2H3/b21-19+/t13-,20+/m1/s1. The third-order valence-electron chi connectivity index (χ3n) is 5.89. The van der Waals surface area contributed by atoms with Gasteiger partial charge in [0.1, 0.15) is 17.6 Å². The number of esters is 1. The minimum atomic E-state index is -0.915. The van der Waals surface area contributed by atoms with Gasteiger partial charge in [0.05, 0.1) is 24.3 Å². The third kappa shape index (κ3) is 3.54. The van der Waals surface area contributed by atoms with Crippen molar-refractivity contribution in [2.45, 2.75) is 25.5 Å². The molecule has 1 fully saturated rings. The summed E-state index contributed by atoms with van der Waals surface area (Å²) in [6.45, 7) is 1.96. The van der Waals surface area contributed by atoms with Crippen molar-refractivity contribution >= 4 is 39.9 Å². The van der Waals surface area contributed by atoms with Crippen LogP contribution in [-0.4, -0.2) is 41.0 Å². The molecular weight excluding hydrogens is 456 g/mol. The molecule has 1 amide bonds.